The molecule has 0 aliphatic carbocycles. The highest BCUT2D eigenvalue weighted by Crippen LogP contribution is 2.15. The van der Waals surface area contributed by atoms with E-state index in [-0.39, 0.29) is 6.04 Å². The zero-order valence-corrected chi connectivity index (χ0v) is 10.7. The largest absolute Gasteiger partial charge is 0.327 e. The van der Waals surface area contributed by atoms with Gasteiger partial charge in [0.25, 0.3) is 0 Å². The number of nitrogens with zero attached hydrogens (tertiary/aromatic N) is 2. The van der Waals surface area contributed by atoms with Gasteiger partial charge in [0.05, 0.1) is 5.69 Å². The monoisotopic (exact) mass is 237 g/mol. The van der Waals surface area contributed by atoms with Gasteiger partial charge >= 0.3 is 0 Å². The third kappa shape index (κ3) is 2.62. The summed E-state index contributed by atoms with van der Waals surface area (Å²) in [6.07, 6.45) is 7.30. The fourth-order valence-corrected chi connectivity index (χ4v) is 2.63. The van der Waals surface area contributed by atoms with Crippen LogP contribution in [0, 0.1) is 5.92 Å². The normalized spacial score (nSPS) is 15.4. The Morgan fingerprint density at radius 2 is 2.38 bits per heavy atom. The number of aromatic nitrogens is 2. The Kier molecular flexibility index (Phi) is 3.61. The molecule has 4 heteroatoms. The third-order valence-corrected chi connectivity index (χ3v) is 3.79. The van der Waals surface area contributed by atoms with Crippen LogP contribution >= 0.6 is 11.3 Å². The molecule has 0 aromatic carbocycles. The summed E-state index contributed by atoms with van der Waals surface area (Å²) < 4.78 is 2.07. The van der Waals surface area contributed by atoms with E-state index < -0.39 is 0 Å². The Hall–Kier alpha value is -0.870. The predicted octanol–water partition coefficient (Wildman–Crippen LogP) is 2.70. The molecule has 2 unspecified atom stereocenters. The number of rotatable bonds is 5. The van der Waals surface area contributed by atoms with E-state index in [0.29, 0.717) is 5.92 Å². The van der Waals surface area contributed by atoms with Crippen molar-refractivity contribution in [1.82, 2.24) is 9.38 Å². The Bertz CT molecular complexity index is 417. The lowest BCUT2D eigenvalue weighted by molar-refractivity contribution is 0.448. The van der Waals surface area contributed by atoms with Gasteiger partial charge in [-0.1, -0.05) is 20.3 Å². The van der Waals surface area contributed by atoms with Crippen LogP contribution in [0.15, 0.2) is 17.8 Å². The first-order valence-corrected chi connectivity index (χ1v) is 6.73. The van der Waals surface area contributed by atoms with Crippen LogP contribution in [0.5, 0.6) is 0 Å². The van der Waals surface area contributed by atoms with E-state index in [1.807, 2.05) is 11.6 Å². The van der Waals surface area contributed by atoms with Gasteiger partial charge < -0.3 is 5.73 Å². The van der Waals surface area contributed by atoms with Crippen molar-refractivity contribution in [2.45, 2.75) is 39.2 Å². The van der Waals surface area contributed by atoms with Gasteiger partial charge in [0.15, 0.2) is 4.96 Å². The Morgan fingerprint density at radius 3 is 3.06 bits per heavy atom. The lowest BCUT2D eigenvalue weighted by Gasteiger charge is -2.14. The summed E-state index contributed by atoms with van der Waals surface area (Å²) in [5, 5.41) is 2.05. The van der Waals surface area contributed by atoms with Crippen LogP contribution in [0.4, 0.5) is 0 Å². The Labute approximate surface area is 100 Å². The standard InChI is InChI=1S/C12H19N3S/c1-3-9(2)6-10(13)7-11-8-15-4-5-16-12(15)14-11/h4-5,8-10H,3,6-7,13H2,1-2H3. The van der Waals surface area contributed by atoms with Gasteiger partial charge in [0, 0.05) is 30.2 Å². The SMILES string of the molecule is CCC(C)CC(N)Cc1cn2ccsc2n1. The minimum atomic E-state index is 0.236. The summed E-state index contributed by atoms with van der Waals surface area (Å²) in [4.78, 5) is 5.61. The van der Waals surface area contributed by atoms with E-state index in [1.165, 1.54) is 6.42 Å². The molecule has 0 amide bonds. The molecule has 0 aliphatic heterocycles. The molecule has 3 nitrogen and oxygen atoms in total. The molecule has 0 bridgehead atoms. The van der Waals surface area contributed by atoms with E-state index in [2.05, 4.69) is 29.4 Å². The second-order valence-electron chi connectivity index (χ2n) is 4.54. The number of fused-ring (bicyclic) bond motifs is 1. The van der Waals surface area contributed by atoms with E-state index >= 15 is 0 Å². The average Bonchev–Trinajstić information content (AvgIpc) is 2.77. The number of thiazole rings is 1. The van der Waals surface area contributed by atoms with Crippen molar-refractivity contribution in [1.29, 1.82) is 0 Å². The van der Waals surface area contributed by atoms with E-state index in [4.69, 9.17) is 5.73 Å². The van der Waals surface area contributed by atoms with E-state index in [0.717, 1.165) is 23.5 Å². The highest BCUT2D eigenvalue weighted by atomic mass is 32.1. The number of hydrogen-bond acceptors (Lipinski definition) is 3. The first-order valence-electron chi connectivity index (χ1n) is 5.85. The van der Waals surface area contributed by atoms with Crippen molar-refractivity contribution in [2.24, 2.45) is 11.7 Å². The maximum atomic E-state index is 6.13. The van der Waals surface area contributed by atoms with Crippen LogP contribution < -0.4 is 5.73 Å². The van der Waals surface area contributed by atoms with Gasteiger partial charge in [0.2, 0.25) is 0 Å². The molecule has 0 saturated heterocycles. The van der Waals surface area contributed by atoms with Gasteiger partial charge in [-0.25, -0.2) is 4.98 Å². The summed E-state index contributed by atoms with van der Waals surface area (Å²) in [6, 6.07) is 0.236. The first-order chi connectivity index (χ1) is 7.69. The maximum Gasteiger partial charge on any atom is 0.193 e. The number of hydrogen-bond donors (Lipinski definition) is 1. The summed E-state index contributed by atoms with van der Waals surface area (Å²) in [5.41, 5.74) is 7.24. The zero-order chi connectivity index (χ0) is 11.5. The second-order valence-corrected chi connectivity index (χ2v) is 5.41. The molecule has 0 fully saturated rings. The quantitative estimate of drug-likeness (QED) is 0.869. The molecule has 0 aliphatic rings. The minimum absolute atomic E-state index is 0.236. The first kappa shape index (κ1) is 11.6. The number of imidazole rings is 1. The molecule has 2 atom stereocenters. The Balaban J connectivity index is 1.96. The Morgan fingerprint density at radius 1 is 1.56 bits per heavy atom. The fourth-order valence-electron chi connectivity index (χ4n) is 1.91. The van der Waals surface area contributed by atoms with Crippen molar-refractivity contribution in [2.75, 3.05) is 0 Å². The van der Waals surface area contributed by atoms with Gasteiger partial charge in [-0.2, -0.15) is 0 Å². The molecular formula is C12H19N3S. The van der Waals surface area contributed by atoms with Crippen molar-refractivity contribution in [3.63, 3.8) is 0 Å². The van der Waals surface area contributed by atoms with Crippen molar-refractivity contribution in [3.8, 4) is 0 Å². The molecule has 2 N–H and O–H groups in total. The predicted molar refractivity (Wildman–Crippen MR) is 68.8 cm³/mol. The molecular weight excluding hydrogens is 218 g/mol. The fraction of sp³-hybridized carbons (Fsp3) is 0.583. The molecule has 2 rings (SSSR count). The maximum absolute atomic E-state index is 6.13. The van der Waals surface area contributed by atoms with E-state index in [9.17, 15) is 0 Å². The van der Waals surface area contributed by atoms with Gasteiger partial charge in [-0.3, -0.25) is 4.40 Å². The zero-order valence-electron chi connectivity index (χ0n) is 9.89. The highest BCUT2D eigenvalue weighted by Gasteiger charge is 2.11. The van der Waals surface area contributed by atoms with Crippen LogP contribution in [-0.2, 0) is 6.42 Å². The number of nitrogens with two attached hydrogens (primary N) is 1. The summed E-state index contributed by atoms with van der Waals surface area (Å²) >= 11 is 1.66. The van der Waals surface area contributed by atoms with Crippen molar-refractivity contribution >= 4 is 16.3 Å². The molecule has 2 aromatic heterocycles. The molecule has 0 spiro atoms. The second kappa shape index (κ2) is 4.97. The topological polar surface area (TPSA) is 43.3 Å². The van der Waals surface area contributed by atoms with Crippen LogP contribution in [0.3, 0.4) is 0 Å². The molecule has 2 heterocycles. The van der Waals surface area contributed by atoms with Crippen LogP contribution in [0.25, 0.3) is 4.96 Å². The molecule has 88 valence electrons. The van der Waals surface area contributed by atoms with Crippen molar-refractivity contribution < 1.29 is 0 Å². The molecule has 0 saturated carbocycles. The average molecular weight is 237 g/mol. The summed E-state index contributed by atoms with van der Waals surface area (Å²) in [7, 11) is 0. The van der Waals surface area contributed by atoms with Gasteiger partial charge in [0.1, 0.15) is 0 Å². The van der Waals surface area contributed by atoms with E-state index in [1.54, 1.807) is 11.3 Å². The summed E-state index contributed by atoms with van der Waals surface area (Å²) in [6.45, 7) is 4.47. The third-order valence-electron chi connectivity index (χ3n) is 3.02. The van der Waals surface area contributed by atoms with Gasteiger partial charge in [-0.05, 0) is 12.3 Å². The highest BCUT2D eigenvalue weighted by molar-refractivity contribution is 7.15. The lowest BCUT2D eigenvalue weighted by Crippen LogP contribution is -2.25. The van der Waals surface area contributed by atoms with Crippen LogP contribution in [-0.4, -0.2) is 15.4 Å². The van der Waals surface area contributed by atoms with Crippen LogP contribution in [0.1, 0.15) is 32.4 Å². The molecule has 0 radical (unpaired) electrons. The molecule has 2 aromatic rings. The minimum Gasteiger partial charge on any atom is -0.327 e. The van der Waals surface area contributed by atoms with Crippen LogP contribution in [0.2, 0.25) is 0 Å². The smallest absolute Gasteiger partial charge is 0.193 e. The summed E-state index contributed by atoms with van der Waals surface area (Å²) in [5.74, 6) is 0.707. The van der Waals surface area contributed by atoms with Crippen molar-refractivity contribution in [3.05, 3.63) is 23.5 Å². The lowest BCUT2D eigenvalue weighted by atomic mass is 9.97. The molecule has 16 heavy (non-hydrogen) atoms. The van der Waals surface area contributed by atoms with Gasteiger partial charge in [-0.15, -0.1) is 11.3 Å².